The molecular formula is C14H23N5O. The molecule has 0 aliphatic carbocycles. The smallest absolute Gasteiger partial charge is 0.226 e. The maximum atomic E-state index is 11.9. The number of rotatable bonds is 4. The molecule has 20 heavy (non-hydrogen) atoms. The maximum absolute atomic E-state index is 11.9. The monoisotopic (exact) mass is 277 g/mol. The number of anilines is 1. The van der Waals surface area contributed by atoms with Crippen LogP contribution in [-0.4, -0.2) is 67.0 Å². The van der Waals surface area contributed by atoms with Crippen LogP contribution in [0, 0.1) is 0 Å². The van der Waals surface area contributed by atoms with Gasteiger partial charge < -0.3 is 16.0 Å². The number of aromatic nitrogens is 1. The topological polar surface area (TPSA) is 74.5 Å². The molecule has 2 rings (SSSR count). The summed E-state index contributed by atoms with van der Waals surface area (Å²) in [6.45, 7) is 3.78. The van der Waals surface area contributed by atoms with Gasteiger partial charge in [-0.25, -0.2) is 0 Å². The van der Waals surface area contributed by atoms with Crippen molar-refractivity contribution >= 4 is 11.6 Å². The lowest BCUT2D eigenvalue weighted by Crippen LogP contribution is -2.54. The molecule has 110 valence electrons. The van der Waals surface area contributed by atoms with Gasteiger partial charge in [0.2, 0.25) is 5.91 Å². The van der Waals surface area contributed by atoms with Gasteiger partial charge in [0.15, 0.2) is 0 Å². The van der Waals surface area contributed by atoms with Gasteiger partial charge in [-0.15, -0.1) is 0 Å². The second kappa shape index (κ2) is 6.67. The molecule has 1 aromatic rings. The number of nitrogens with zero attached hydrogens (tertiary/aromatic N) is 3. The highest BCUT2D eigenvalue weighted by Gasteiger charge is 2.22. The van der Waals surface area contributed by atoms with E-state index in [1.165, 1.54) is 0 Å². The summed E-state index contributed by atoms with van der Waals surface area (Å²) < 4.78 is 0. The first-order valence-corrected chi connectivity index (χ1v) is 6.90. The minimum atomic E-state index is 0.00361. The Hall–Kier alpha value is -1.66. The lowest BCUT2D eigenvalue weighted by Gasteiger charge is -2.37. The molecule has 6 heteroatoms. The molecular weight excluding hydrogens is 254 g/mol. The van der Waals surface area contributed by atoms with Gasteiger partial charge in [-0.1, -0.05) is 0 Å². The van der Waals surface area contributed by atoms with Crippen molar-refractivity contribution in [2.45, 2.75) is 12.5 Å². The predicted molar refractivity (Wildman–Crippen MR) is 79.3 cm³/mol. The third kappa shape index (κ3) is 4.18. The fraction of sp³-hybridized carbons (Fsp3) is 0.571. The SMILES string of the molecule is CN1CCN(C)C(CNC(=O)Cc2ccc(N)cn2)C1. The molecule has 1 fully saturated rings. The number of piperazine rings is 1. The molecule has 1 amide bonds. The largest absolute Gasteiger partial charge is 0.397 e. The van der Waals surface area contributed by atoms with E-state index in [1.807, 2.05) is 0 Å². The average molecular weight is 277 g/mol. The molecule has 1 atom stereocenters. The summed E-state index contributed by atoms with van der Waals surface area (Å²) in [6, 6.07) is 3.92. The van der Waals surface area contributed by atoms with E-state index in [0.29, 0.717) is 24.7 Å². The lowest BCUT2D eigenvalue weighted by atomic mass is 10.2. The van der Waals surface area contributed by atoms with Crippen molar-refractivity contribution in [3.8, 4) is 0 Å². The highest BCUT2D eigenvalue weighted by Crippen LogP contribution is 2.05. The van der Waals surface area contributed by atoms with Gasteiger partial charge in [0, 0.05) is 37.9 Å². The molecule has 0 spiro atoms. The zero-order valence-corrected chi connectivity index (χ0v) is 12.2. The molecule has 3 N–H and O–H groups in total. The zero-order valence-electron chi connectivity index (χ0n) is 12.2. The molecule has 1 saturated heterocycles. The van der Waals surface area contributed by atoms with Crippen LogP contribution in [0.1, 0.15) is 5.69 Å². The van der Waals surface area contributed by atoms with E-state index in [9.17, 15) is 4.79 Å². The predicted octanol–water partition coefficient (Wildman–Crippen LogP) is -0.432. The third-order valence-electron chi connectivity index (χ3n) is 3.70. The summed E-state index contributed by atoms with van der Waals surface area (Å²) in [5, 5.41) is 2.99. The Bertz CT molecular complexity index is 447. The summed E-state index contributed by atoms with van der Waals surface area (Å²) in [5.41, 5.74) is 6.92. The Morgan fingerprint density at radius 1 is 1.45 bits per heavy atom. The Morgan fingerprint density at radius 3 is 2.95 bits per heavy atom. The third-order valence-corrected chi connectivity index (χ3v) is 3.70. The molecule has 6 nitrogen and oxygen atoms in total. The van der Waals surface area contributed by atoms with Crippen LogP contribution in [0.4, 0.5) is 5.69 Å². The van der Waals surface area contributed by atoms with E-state index in [1.54, 1.807) is 18.3 Å². The number of carbonyl (C=O) groups is 1. The van der Waals surface area contributed by atoms with Crippen molar-refractivity contribution in [3.63, 3.8) is 0 Å². The van der Waals surface area contributed by atoms with Crippen LogP contribution >= 0.6 is 0 Å². The number of nitrogens with two attached hydrogens (primary N) is 1. The van der Waals surface area contributed by atoms with Crippen molar-refractivity contribution in [2.75, 3.05) is 46.0 Å². The van der Waals surface area contributed by atoms with Gasteiger partial charge in [0.25, 0.3) is 0 Å². The van der Waals surface area contributed by atoms with Gasteiger partial charge in [0.1, 0.15) is 0 Å². The number of amides is 1. The van der Waals surface area contributed by atoms with Crippen LogP contribution in [0.15, 0.2) is 18.3 Å². The Labute approximate surface area is 120 Å². The maximum Gasteiger partial charge on any atom is 0.226 e. The quantitative estimate of drug-likeness (QED) is 0.781. The molecule has 1 aromatic heterocycles. The second-order valence-corrected chi connectivity index (χ2v) is 5.46. The van der Waals surface area contributed by atoms with Crippen LogP contribution in [0.5, 0.6) is 0 Å². The number of nitrogen functional groups attached to an aromatic ring is 1. The molecule has 1 aliphatic rings. The first-order valence-electron chi connectivity index (χ1n) is 6.90. The fourth-order valence-corrected chi connectivity index (χ4v) is 2.32. The summed E-state index contributed by atoms with van der Waals surface area (Å²) in [5.74, 6) is 0.00361. The van der Waals surface area contributed by atoms with E-state index < -0.39 is 0 Å². The van der Waals surface area contributed by atoms with E-state index in [4.69, 9.17) is 5.73 Å². The van der Waals surface area contributed by atoms with Crippen molar-refractivity contribution in [3.05, 3.63) is 24.0 Å². The van der Waals surface area contributed by atoms with Gasteiger partial charge in [-0.05, 0) is 26.2 Å². The van der Waals surface area contributed by atoms with Crippen molar-refractivity contribution in [1.82, 2.24) is 20.1 Å². The van der Waals surface area contributed by atoms with E-state index in [-0.39, 0.29) is 5.91 Å². The van der Waals surface area contributed by atoms with Crippen LogP contribution < -0.4 is 11.1 Å². The van der Waals surface area contributed by atoms with Gasteiger partial charge in [-0.3, -0.25) is 14.7 Å². The average Bonchev–Trinajstić information content (AvgIpc) is 2.42. The molecule has 1 unspecified atom stereocenters. The van der Waals surface area contributed by atoms with E-state index in [0.717, 1.165) is 25.3 Å². The van der Waals surface area contributed by atoms with E-state index >= 15 is 0 Å². The molecule has 0 bridgehead atoms. The van der Waals surface area contributed by atoms with Crippen LogP contribution in [-0.2, 0) is 11.2 Å². The normalized spacial score (nSPS) is 20.8. The summed E-state index contributed by atoms with van der Waals surface area (Å²) in [4.78, 5) is 20.6. The van der Waals surface area contributed by atoms with Gasteiger partial charge in [0.05, 0.1) is 18.3 Å². The first kappa shape index (κ1) is 14.7. The number of pyridine rings is 1. The molecule has 0 radical (unpaired) electrons. The highest BCUT2D eigenvalue weighted by atomic mass is 16.1. The zero-order chi connectivity index (χ0) is 14.5. The lowest BCUT2D eigenvalue weighted by molar-refractivity contribution is -0.120. The minimum absolute atomic E-state index is 0.00361. The van der Waals surface area contributed by atoms with Gasteiger partial charge in [-0.2, -0.15) is 0 Å². The van der Waals surface area contributed by atoms with Crippen LogP contribution in [0.3, 0.4) is 0 Å². The number of nitrogens with one attached hydrogen (secondary N) is 1. The Kier molecular flexibility index (Phi) is 4.92. The Morgan fingerprint density at radius 2 is 2.25 bits per heavy atom. The second-order valence-electron chi connectivity index (χ2n) is 5.46. The van der Waals surface area contributed by atoms with Crippen molar-refractivity contribution in [1.29, 1.82) is 0 Å². The molecule has 1 aliphatic heterocycles. The molecule has 0 aromatic carbocycles. The van der Waals surface area contributed by atoms with E-state index in [2.05, 4.69) is 34.2 Å². The Balaban J connectivity index is 1.78. The fourth-order valence-electron chi connectivity index (χ4n) is 2.32. The number of likely N-dealkylation sites (N-methyl/N-ethyl adjacent to an activating group) is 2. The molecule has 0 saturated carbocycles. The van der Waals surface area contributed by atoms with Gasteiger partial charge >= 0.3 is 0 Å². The first-order chi connectivity index (χ1) is 9.54. The molecule has 2 heterocycles. The summed E-state index contributed by atoms with van der Waals surface area (Å²) >= 11 is 0. The number of hydrogen-bond acceptors (Lipinski definition) is 5. The summed E-state index contributed by atoms with van der Waals surface area (Å²) in [6.07, 6.45) is 1.87. The number of hydrogen-bond donors (Lipinski definition) is 2. The summed E-state index contributed by atoms with van der Waals surface area (Å²) in [7, 11) is 4.21. The standard InChI is InChI=1S/C14H23N5O/c1-18-5-6-19(2)13(10-18)9-17-14(20)7-12-4-3-11(15)8-16-12/h3-4,8,13H,5-7,9-10,15H2,1-2H3,(H,17,20). The van der Waals surface area contributed by atoms with Crippen molar-refractivity contribution < 1.29 is 4.79 Å². The highest BCUT2D eigenvalue weighted by molar-refractivity contribution is 5.78. The number of carbonyl (C=O) groups excluding carboxylic acids is 1. The van der Waals surface area contributed by atoms with Crippen molar-refractivity contribution in [2.24, 2.45) is 0 Å². The van der Waals surface area contributed by atoms with Crippen LogP contribution in [0.2, 0.25) is 0 Å². The minimum Gasteiger partial charge on any atom is -0.397 e. The van der Waals surface area contributed by atoms with Crippen LogP contribution in [0.25, 0.3) is 0 Å².